The van der Waals surface area contributed by atoms with Crippen LogP contribution < -0.4 is 5.32 Å². The van der Waals surface area contributed by atoms with E-state index in [4.69, 9.17) is 4.74 Å². The van der Waals surface area contributed by atoms with Crippen molar-refractivity contribution in [2.24, 2.45) is 0 Å². The molecule has 1 aromatic carbocycles. The quantitative estimate of drug-likeness (QED) is 0.889. The summed E-state index contributed by atoms with van der Waals surface area (Å²) in [5.74, 6) is -0.146. The molecular weight excluding hydrogens is 229 g/mol. The van der Waals surface area contributed by atoms with Crippen LogP contribution in [0.1, 0.15) is 43.4 Å². The molecule has 0 aliphatic carbocycles. The lowest BCUT2D eigenvalue weighted by Crippen LogP contribution is -2.44. The van der Waals surface area contributed by atoms with Gasteiger partial charge in [0.1, 0.15) is 5.82 Å². The summed E-state index contributed by atoms with van der Waals surface area (Å²) in [7, 11) is 1.91. The molecule has 0 aromatic heterocycles. The van der Waals surface area contributed by atoms with Gasteiger partial charge in [-0.2, -0.15) is 0 Å². The van der Waals surface area contributed by atoms with Crippen LogP contribution in [0.4, 0.5) is 4.39 Å². The van der Waals surface area contributed by atoms with E-state index in [2.05, 4.69) is 12.2 Å². The van der Waals surface area contributed by atoms with Gasteiger partial charge in [-0.05, 0) is 57.4 Å². The Morgan fingerprint density at radius 3 is 2.72 bits per heavy atom. The Morgan fingerprint density at radius 2 is 2.17 bits per heavy atom. The van der Waals surface area contributed by atoms with Gasteiger partial charge in [0.15, 0.2) is 0 Å². The Morgan fingerprint density at radius 1 is 1.39 bits per heavy atom. The van der Waals surface area contributed by atoms with E-state index in [9.17, 15) is 4.39 Å². The summed E-state index contributed by atoms with van der Waals surface area (Å²) in [5, 5.41) is 3.28. The van der Waals surface area contributed by atoms with Crippen molar-refractivity contribution >= 4 is 0 Å². The molecular formula is C15H22FNO. The minimum atomic E-state index is -0.241. The molecule has 0 saturated carbocycles. The van der Waals surface area contributed by atoms with Crippen LogP contribution in [0.2, 0.25) is 0 Å². The maximum Gasteiger partial charge on any atom is 0.126 e. The van der Waals surface area contributed by atoms with Crippen molar-refractivity contribution in [2.45, 2.75) is 44.8 Å². The second-order valence-electron chi connectivity index (χ2n) is 5.35. The third-order valence-electron chi connectivity index (χ3n) is 3.93. The number of hydrogen-bond donors (Lipinski definition) is 1. The Bertz CT molecular complexity index is 413. The second-order valence-corrected chi connectivity index (χ2v) is 5.35. The Labute approximate surface area is 109 Å². The normalized spacial score (nSPS) is 26.0. The fraction of sp³-hybridized carbons (Fsp3) is 0.600. The third-order valence-corrected chi connectivity index (χ3v) is 3.93. The van der Waals surface area contributed by atoms with Crippen LogP contribution in [-0.2, 0) is 4.74 Å². The molecule has 18 heavy (non-hydrogen) atoms. The second kappa shape index (κ2) is 5.37. The molecule has 0 bridgehead atoms. The van der Waals surface area contributed by atoms with E-state index in [-0.39, 0.29) is 17.5 Å². The van der Waals surface area contributed by atoms with E-state index in [1.807, 2.05) is 19.2 Å². The van der Waals surface area contributed by atoms with Gasteiger partial charge in [-0.1, -0.05) is 12.1 Å². The Balaban J connectivity index is 2.29. The standard InChI is InChI=1S/C15H22FNO/c1-11-6-7-12(10-13(11)16)14(17-3)15(2)8-4-5-9-18-15/h6-7,10,14,17H,4-5,8-9H2,1-3H3. The van der Waals surface area contributed by atoms with Crippen LogP contribution in [0.15, 0.2) is 18.2 Å². The fourth-order valence-corrected chi connectivity index (χ4v) is 2.80. The van der Waals surface area contributed by atoms with Crippen molar-refractivity contribution in [3.05, 3.63) is 35.1 Å². The molecule has 0 amide bonds. The number of hydrogen-bond acceptors (Lipinski definition) is 2. The van der Waals surface area contributed by atoms with Gasteiger partial charge in [0.2, 0.25) is 0 Å². The first kappa shape index (κ1) is 13.5. The van der Waals surface area contributed by atoms with E-state index in [0.717, 1.165) is 25.0 Å². The number of halogens is 1. The van der Waals surface area contributed by atoms with Crippen LogP contribution in [-0.4, -0.2) is 19.3 Å². The van der Waals surface area contributed by atoms with Crippen molar-refractivity contribution in [3.63, 3.8) is 0 Å². The highest BCUT2D eigenvalue weighted by atomic mass is 19.1. The van der Waals surface area contributed by atoms with Gasteiger partial charge in [-0.15, -0.1) is 0 Å². The zero-order valence-corrected chi connectivity index (χ0v) is 11.4. The van der Waals surface area contributed by atoms with Crippen LogP contribution >= 0.6 is 0 Å². The van der Waals surface area contributed by atoms with Gasteiger partial charge in [0, 0.05) is 6.61 Å². The lowest BCUT2D eigenvalue weighted by Gasteiger charge is -2.40. The first-order valence-electron chi connectivity index (χ1n) is 6.64. The summed E-state index contributed by atoms with van der Waals surface area (Å²) in [5.41, 5.74) is 1.41. The molecule has 1 heterocycles. The van der Waals surface area contributed by atoms with Crippen LogP contribution in [0.25, 0.3) is 0 Å². The van der Waals surface area contributed by atoms with Crippen LogP contribution in [0, 0.1) is 12.7 Å². The van der Waals surface area contributed by atoms with Crippen molar-refractivity contribution < 1.29 is 9.13 Å². The molecule has 2 atom stereocenters. The summed E-state index contributed by atoms with van der Waals surface area (Å²) >= 11 is 0. The molecule has 3 heteroatoms. The van der Waals surface area contributed by atoms with Crippen molar-refractivity contribution in [2.75, 3.05) is 13.7 Å². The zero-order chi connectivity index (χ0) is 13.2. The number of rotatable bonds is 3. The Kier molecular flexibility index (Phi) is 4.03. The van der Waals surface area contributed by atoms with E-state index in [1.165, 1.54) is 6.42 Å². The van der Waals surface area contributed by atoms with E-state index < -0.39 is 0 Å². The van der Waals surface area contributed by atoms with Gasteiger partial charge >= 0.3 is 0 Å². The number of ether oxygens (including phenoxy) is 1. The molecule has 1 aromatic rings. The summed E-state index contributed by atoms with van der Waals surface area (Å²) in [6.07, 6.45) is 3.30. The minimum absolute atomic E-state index is 0.0351. The maximum absolute atomic E-state index is 13.7. The largest absolute Gasteiger partial charge is 0.373 e. The summed E-state index contributed by atoms with van der Waals surface area (Å²) in [6, 6.07) is 5.48. The smallest absolute Gasteiger partial charge is 0.126 e. The van der Waals surface area contributed by atoms with E-state index >= 15 is 0 Å². The summed E-state index contributed by atoms with van der Waals surface area (Å²) < 4.78 is 19.7. The lowest BCUT2D eigenvalue weighted by atomic mass is 9.84. The topological polar surface area (TPSA) is 21.3 Å². The first-order valence-corrected chi connectivity index (χ1v) is 6.64. The van der Waals surface area contributed by atoms with Crippen molar-refractivity contribution in [1.82, 2.24) is 5.32 Å². The maximum atomic E-state index is 13.7. The Hall–Kier alpha value is -0.930. The number of nitrogens with one attached hydrogen (secondary N) is 1. The van der Waals surface area contributed by atoms with Gasteiger partial charge < -0.3 is 10.1 Å². The molecule has 1 N–H and O–H groups in total. The number of likely N-dealkylation sites (N-methyl/N-ethyl adjacent to an activating group) is 1. The predicted molar refractivity (Wildman–Crippen MR) is 71.1 cm³/mol. The number of aryl methyl sites for hydroxylation is 1. The van der Waals surface area contributed by atoms with Crippen molar-refractivity contribution in [3.8, 4) is 0 Å². The van der Waals surface area contributed by atoms with Crippen molar-refractivity contribution in [1.29, 1.82) is 0 Å². The molecule has 1 saturated heterocycles. The summed E-state index contributed by atoms with van der Waals surface area (Å²) in [6.45, 7) is 4.69. The molecule has 1 aliphatic heterocycles. The first-order chi connectivity index (χ1) is 8.57. The fourth-order valence-electron chi connectivity index (χ4n) is 2.80. The van der Waals surface area contributed by atoms with Gasteiger partial charge in [-0.25, -0.2) is 4.39 Å². The molecule has 0 radical (unpaired) electrons. The van der Waals surface area contributed by atoms with Crippen LogP contribution in [0.3, 0.4) is 0 Å². The number of benzene rings is 1. The monoisotopic (exact) mass is 251 g/mol. The molecule has 100 valence electrons. The zero-order valence-electron chi connectivity index (χ0n) is 11.4. The molecule has 2 unspecified atom stereocenters. The van der Waals surface area contributed by atoms with Gasteiger partial charge in [0.05, 0.1) is 11.6 Å². The minimum Gasteiger partial charge on any atom is -0.373 e. The van der Waals surface area contributed by atoms with E-state index in [0.29, 0.717) is 5.56 Å². The molecule has 1 aliphatic rings. The molecule has 1 fully saturated rings. The third kappa shape index (κ3) is 2.57. The average Bonchev–Trinajstić information content (AvgIpc) is 2.35. The van der Waals surface area contributed by atoms with Crippen LogP contribution in [0.5, 0.6) is 0 Å². The molecule has 0 spiro atoms. The predicted octanol–water partition coefficient (Wildman–Crippen LogP) is 3.35. The average molecular weight is 251 g/mol. The molecule has 2 nitrogen and oxygen atoms in total. The van der Waals surface area contributed by atoms with Gasteiger partial charge in [-0.3, -0.25) is 0 Å². The molecule has 2 rings (SSSR count). The highest BCUT2D eigenvalue weighted by Crippen LogP contribution is 2.36. The lowest BCUT2D eigenvalue weighted by molar-refractivity contribution is -0.0885. The highest BCUT2D eigenvalue weighted by molar-refractivity contribution is 5.27. The summed E-state index contributed by atoms with van der Waals surface area (Å²) in [4.78, 5) is 0. The van der Waals surface area contributed by atoms with E-state index in [1.54, 1.807) is 13.0 Å². The highest BCUT2D eigenvalue weighted by Gasteiger charge is 2.37. The SMILES string of the molecule is CNC(c1ccc(C)c(F)c1)C1(C)CCCCO1. The van der Waals surface area contributed by atoms with Gasteiger partial charge in [0.25, 0.3) is 0 Å².